The van der Waals surface area contributed by atoms with Crippen molar-refractivity contribution in [2.75, 3.05) is 26.2 Å². The van der Waals surface area contributed by atoms with Gasteiger partial charge in [-0.05, 0) is 50.1 Å². The third-order valence-electron chi connectivity index (χ3n) is 4.70. The Balaban J connectivity index is 1.51. The maximum Gasteiger partial charge on any atom is 0.222 e. The zero-order valence-corrected chi connectivity index (χ0v) is 9.95. The molecule has 2 saturated heterocycles. The maximum atomic E-state index is 12.1. The van der Waals surface area contributed by atoms with Crippen molar-refractivity contribution in [1.82, 2.24) is 10.2 Å². The van der Waals surface area contributed by atoms with Gasteiger partial charge in [0.25, 0.3) is 0 Å². The Labute approximate surface area is 97.6 Å². The van der Waals surface area contributed by atoms with E-state index in [2.05, 4.69) is 10.2 Å². The average molecular weight is 222 g/mol. The van der Waals surface area contributed by atoms with Crippen molar-refractivity contribution in [2.24, 2.45) is 17.8 Å². The van der Waals surface area contributed by atoms with Gasteiger partial charge in [0.1, 0.15) is 0 Å². The fourth-order valence-corrected chi connectivity index (χ4v) is 3.70. The predicted molar refractivity (Wildman–Crippen MR) is 63.0 cm³/mol. The number of rotatable bonds is 2. The molecule has 3 heteroatoms. The third kappa shape index (κ3) is 1.97. The van der Waals surface area contributed by atoms with Crippen molar-refractivity contribution in [3.8, 4) is 0 Å². The first-order valence-corrected chi connectivity index (χ1v) is 6.81. The molecule has 3 rings (SSSR count). The number of carbonyl (C=O) groups is 1. The number of nitrogens with one attached hydrogen (secondary N) is 1. The van der Waals surface area contributed by atoms with Crippen molar-refractivity contribution < 1.29 is 4.79 Å². The van der Waals surface area contributed by atoms with Crippen molar-refractivity contribution in [1.29, 1.82) is 0 Å². The van der Waals surface area contributed by atoms with Crippen LogP contribution in [0.15, 0.2) is 0 Å². The van der Waals surface area contributed by atoms with Crippen LogP contribution < -0.4 is 5.32 Å². The largest absolute Gasteiger partial charge is 0.342 e. The van der Waals surface area contributed by atoms with Crippen LogP contribution in [0.25, 0.3) is 0 Å². The van der Waals surface area contributed by atoms with Gasteiger partial charge in [0.2, 0.25) is 5.91 Å². The Morgan fingerprint density at radius 2 is 1.94 bits per heavy atom. The third-order valence-corrected chi connectivity index (χ3v) is 4.70. The highest BCUT2D eigenvalue weighted by molar-refractivity contribution is 5.76. The second-order valence-electron chi connectivity index (χ2n) is 5.81. The van der Waals surface area contributed by atoms with Crippen LogP contribution in [0.4, 0.5) is 0 Å². The minimum absolute atomic E-state index is 0.420. The number of hydrogen-bond acceptors (Lipinski definition) is 2. The van der Waals surface area contributed by atoms with Crippen molar-refractivity contribution >= 4 is 5.91 Å². The Morgan fingerprint density at radius 1 is 1.19 bits per heavy atom. The summed E-state index contributed by atoms with van der Waals surface area (Å²) in [7, 11) is 0. The summed E-state index contributed by atoms with van der Waals surface area (Å²) in [5, 5.41) is 3.34. The quantitative estimate of drug-likeness (QED) is 0.762. The minimum Gasteiger partial charge on any atom is -0.342 e. The van der Waals surface area contributed by atoms with Gasteiger partial charge in [-0.2, -0.15) is 0 Å². The highest BCUT2D eigenvalue weighted by Crippen LogP contribution is 2.38. The lowest BCUT2D eigenvalue weighted by Gasteiger charge is -2.19. The second kappa shape index (κ2) is 4.36. The molecule has 1 amide bonds. The molecule has 3 unspecified atom stereocenters. The Hall–Kier alpha value is -0.570. The molecule has 0 aromatic rings. The molecule has 2 heterocycles. The van der Waals surface area contributed by atoms with Crippen LogP contribution in [0.2, 0.25) is 0 Å². The topological polar surface area (TPSA) is 32.3 Å². The molecule has 3 fully saturated rings. The van der Waals surface area contributed by atoms with Gasteiger partial charge in [-0.3, -0.25) is 4.79 Å². The normalized spacial score (nSPS) is 38.0. The number of carbonyl (C=O) groups excluding carboxylic acids is 1. The first kappa shape index (κ1) is 10.6. The van der Waals surface area contributed by atoms with E-state index in [1.807, 2.05) is 0 Å². The molecule has 0 spiro atoms. The first-order chi connectivity index (χ1) is 7.83. The predicted octanol–water partition coefficient (Wildman–Crippen LogP) is 1.24. The van der Waals surface area contributed by atoms with Gasteiger partial charge in [0.15, 0.2) is 0 Å². The fraction of sp³-hybridized carbons (Fsp3) is 0.923. The fourth-order valence-electron chi connectivity index (χ4n) is 3.70. The molecule has 1 N–H and O–H groups in total. The van der Waals surface area contributed by atoms with E-state index < -0.39 is 0 Å². The van der Waals surface area contributed by atoms with Gasteiger partial charge in [-0.15, -0.1) is 0 Å². The van der Waals surface area contributed by atoms with E-state index in [0.29, 0.717) is 11.8 Å². The molecule has 1 aliphatic carbocycles. The zero-order chi connectivity index (χ0) is 11.0. The van der Waals surface area contributed by atoms with E-state index in [1.165, 1.54) is 25.7 Å². The molecule has 90 valence electrons. The lowest BCUT2D eigenvalue weighted by atomic mass is 10.0. The van der Waals surface area contributed by atoms with Gasteiger partial charge in [-0.1, -0.05) is 6.42 Å². The van der Waals surface area contributed by atoms with Crippen LogP contribution in [0, 0.1) is 17.8 Å². The highest BCUT2D eigenvalue weighted by Gasteiger charge is 2.38. The second-order valence-corrected chi connectivity index (χ2v) is 5.81. The molecule has 0 radical (unpaired) electrons. The van der Waals surface area contributed by atoms with Crippen LogP contribution in [-0.2, 0) is 4.79 Å². The summed E-state index contributed by atoms with van der Waals surface area (Å²) >= 11 is 0. The molecule has 3 aliphatic rings. The summed E-state index contributed by atoms with van der Waals surface area (Å²) in [5.41, 5.74) is 0. The van der Waals surface area contributed by atoms with Crippen molar-refractivity contribution in [3.63, 3.8) is 0 Å². The lowest BCUT2D eigenvalue weighted by molar-refractivity contribution is -0.131. The zero-order valence-electron chi connectivity index (χ0n) is 9.95. The summed E-state index contributed by atoms with van der Waals surface area (Å²) in [4.78, 5) is 14.3. The van der Waals surface area contributed by atoms with Crippen LogP contribution in [0.3, 0.4) is 0 Å². The Morgan fingerprint density at radius 3 is 2.56 bits per heavy atom. The van der Waals surface area contributed by atoms with Gasteiger partial charge < -0.3 is 10.2 Å². The SMILES string of the molecule is O=C(CC1CCNC1)N1CC2CCCC2C1. The van der Waals surface area contributed by atoms with E-state index in [1.54, 1.807) is 0 Å². The summed E-state index contributed by atoms with van der Waals surface area (Å²) in [6, 6.07) is 0. The Bertz CT molecular complexity index is 261. The van der Waals surface area contributed by atoms with Crippen LogP contribution in [-0.4, -0.2) is 37.0 Å². The lowest BCUT2D eigenvalue weighted by Crippen LogP contribution is -2.31. The minimum atomic E-state index is 0.420. The van der Waals surface area contributed by atoms with E-state index >= 15 is 0 Å². The van der Waals surface area contributed by atoms with E-state index in [9.17, 15) is 4.79 Å². The smallest absolute Gasteiger partial charge is 0.222 e. The van der Waals surface area contributed by atoms with E-state index in [4.69, 9.17) is 0 Å². The summed E-state index contributed by atoms with van der Waals surface area (Å²) in [6.07, 6.45) is 6.08. The molecule has 3 nitrogen and oxygen atoms in total. The van der Waals surface area contributed by atoms with Gasteiger partial charge in [-0.25, -0.2) is 0 Å². The molecule has 0 aromatic heterocycles. The summed E-state index contributed by atoms with van der Waals surface area (Å²) in [6.45, 7) is 4.27. The number of hydrogen-bond donors (Lipinski definition) is 1. The molecular weight excluding hydrogens is 200 g/mol. The molecule has 0 bridgehead atoms. The molecule has 1 saturated carbocycles. The van der Waals surface area contributed by atoms with Crippen LogP contribution in [0.5, 0.6) is 0 Å². The number of fused-ring (bicyclic) bond motifs is 1. The first-order valence-electron chi connectivity index (χ1n) is 6.81. The van der Waals surface area contributed by atoms with E-state index in [-0.39, 0.29) is 0 Å². The van der Waals surface area contributed by atoms with Crippen LogP contribution >= 0.6 is 0 Å². The van der Waals surface area contributed by atoms with Gasteiger partial charge in [0.05, 0.1) is 0 Å². The summed E-state index contributed by atoms with van der Waals surface area (Å²) in [5.74, 6) is 2.70. The molecule has 0 aromatic carbocycles. The number of amides is 1. The van der Waals surface area contributed by atoms with Crippen molar-refractivity contribution in [3.05, 3.63) is 0 Å². The Kier molecular flexibility index (Phi) is 2.88. The average Bonchev–Trinajstić information content (AvgIpc) is 2.91. The molecule has 16 heavy (non-hydrogen) atoms. The van der Waals surface area contributed by atoms with Gasteiger partial charge in [0, 0.05) is 19.5 Å². The molecule has 3 atom stereocenters. The molecule has 2 aliphatic heterocycles. The van der Waals surface area contributed by atoms with E-state index in [0.717, 1.165) is 44.4 Å². The van der Waals surface area contributed by atoms with Crippen LogP contribution in [0.1, 0.15) is 32.1 Å². The highest BCUT2D eigenvalue weighted by atomic mass is 16.2. The number of likely N-dealkylation sites (tertiary alicyclic amines) is 1. The summed E-state index contributed by atoms with van der Waals surface area (Å²) < 4.78 is 0. The van der Waals surface area contributed by atoms with Gasteiger partial charge >= 0.3 is 0 Å². The maximum absolute atomic E-state index is 12.1. The standard InChI is InChI=1S/C13H22N2O/c16-13(6-10-4-5-14-7-10)15-8-11-2-1-3-12(11)9-15/h10-12,14H,1-9H2. The molecular formula is C13H22N2O. The number of nitrogens with zero attached hydrogens (tertiary/aromatic N) is 1. The monoisotopic (exact) mass is 222 g/mol. The van der Waals surface area contributed by atoms with Crippen molar-refractivity contribution in [2.45, 2.75) is 32.1 Å².